The van der Waals surface area contributed by atoms with Crippen molar-refractivity contribution in [3.05, 3.63) is 85.4 Å². The molecule has 0 aromatic heterocycles. The van der Waals surface area contributed by atoms with Gasteiger partial charge >= 0.3 is 0 Å². The molecule has 3 aromatic rings. The first-order valence-electron chi connectivity index (χ1n) is 9.01. The molecule has 0 amide bonds. The predicted octanol–water partition coefficient (Wildman–Crippen LogP) is 6.76. The lowest BCUT2D eigenvalue weighted by Gasteiger charge is -2.16. The van der Waals surface area contributed by atoms with Gasteiger partial charge in [-0.3, -0.25) is 0 Å². The number of methoxy groups -OCH3 is 1. The lowest BCUT2D eigenvalue weighted by Crippen LogP contribution is -2.04. The van der Waals surface area contributed by atoms with Gasteiger partial charge in [0.25, 0.3) is 0 Å². The highest BCUT2D eigenvalue weighted by Gasteiger charge is 2.13. The maximum Gasteiger partial charge on any atom is 0.174 e. The fourth-order valence-corrected chi connectivity index (χ4v) is 4.00. The van der Waals surface area contributed by atoms with Gasteiger partial charge in [-0.15, -0.1) is 0 Å². The van der Waals surface area contributed by atoms with Crippen molar-refractivity contribution < 1.29 is 9.47 Å². The van der Waals surface area contributed by atoms with Crippen LogP contribution in [0.1, 0.15) is 22.3 Å². The van der Waals surface area contributed by atoms with Crippen LogP contribution in [0.5, 0.6) is 11.5 Å². The zero-order valence-electron chi connectivity index (χ0n) is 16.2. The summed E-state index contributed by atoms with van der Waals surface area (Å²) >= 11 is 8.52. The number of aryl methyl sites for hydroxylation is 2. The number of halogens is 2. The van der Waals surface area contributed by atoms with Crippen molar-refractivity contribution in [2.75, 3.05) is 12.4 Å². The average molecular weight is 508 g/mol. The van der Waals surface area contributed by atoms with E-state index in [2.05, 4.69) is 66.0 Å². The molecule has 3 rings (SSSR count). The number of hydrogen-bond acceptors (Lipinski definition) is 3. The summed E-state index contributed by atoms with van der Waals surface area (Å²) in [6, 6.07) is 18.2. The third kappa shape index (κ3) is 5.11. The molecular weight excluding hydrogens is 485 g/mol. The Morgan fingerprint density at radius 3 is 2.54 bits per heavy atom. The second-order valence-corrected chi connectivity index (χ2v) is 8.23. The maximum atomic E-state index is 6.23. The molecule has 28 heavy (non-hydrogen) atoms. The van der Waals surface area contributed by atoms with Gasteiger partial charge in [0.05, 0.1) is 10.7 Å². The van der Waals surface area contributed by atoms with Crippen molar-refractivity contribution in [3.8, 4) is 11.5 Å². The minimum Gasteiger partial charge on any atom is -0.493 e. The molecule has 3 nitrogen and oxygen atoms in total. The molecule has 5 heteroatoms. The Hall–Kier alpha value is -1.92. The summed E-state index contributed by atoms with van der Waals surface area (Å²) in [7, 11) is 1.66. The van der Waals surface area contributed by atoms with Gasteiger partial charge in [-0.2, -0.15) is 0 Å². The van der Waals surface area contributed by atoms with Crippen LogP contribution in [0.25, 0.3) is 0 Å². The molecule has 0 aliphatic carbocycles. The fourth-order valence-electron chi connectivity index (χ4n) is 2.99. The number of ether oxygens (including phenoxy) is 2. The van der Waals surface area contributed by atoms with Gasteiger partial charge in [0, 0.05) is 22.8 Å². The van der Waals surface area contributed by atoms with E-state index in [-0.39, 0.29) is 0 Å². The maximum absolute atomic E-state index is 6.23. The summed E-state index contributed by atoms with van der Waals surface area (Å²) in [5, 5.41) is 4.20. The zero-order valence-corrected chi connectivity index (χ0v) is 19.1. The highest BCUT2D eigenvalue weighted by atomic mass is 127. The molecule has 0 aliphatic heterocycles. The summed E-state index contributed by atoms with van der Waals surface area (Å²) in [6.07, 6.45) is 0. The van der Waals surface area contributed by atoms with E-state index in [0.717, 1.165) is 31.9 Å². The molecule has 0 bridgehead atoms. The van der Waals surface area contributed by atoms with E-state index in [1.54, 1.807) is 7.11 Å². The monoisotopic (exact) mass is 507 g/mol. The van der Waals surface area contributed by atoms with E-state index in [4.69, 9.17) is 21.1 Å². The van der Waals surface area contributed by atoms with Crippen molar-refractivity contribution in [1.29, 1.82) is 0 Å². The number of nitrogens with one attached hydrogen (secondary N) is 1. The standard InChI is InChI=1S/C23H23ClINO2/c1-15-8-9-21(16(2)10-15)26-13-17-11-20(25)23(22(12-17)27-3)28-14-18-6-4-5-7-19(18)24/h4-12,26H,13-14H2,1-3H3. The molecule has 0 saturated carbocycles. The third-order valence-corrected chi connectivity index (χ3v) is 5.65. The molecule has 3 aromatic carbocycles. The first kappa shape index (κ1) is 20.8. The van der Waals surface area contributed by atoms with Gasteiger partial charge < -0.3 is 14.8 Å². The highest BCUT2D eigenvalue weighted by Crippen LogP contribution is 2.35. The minimum atomic E-state index is 0.395. The number of hydrogen-bond donors (Lipinski definition) is 1. The average Bonchev–Trinajstić information content (AvgIpc) is 2.67. The zero-order chi connectivity index (χ0) is 20.1. The molecule has 0 unspecified atom stereocenters. The third-order valence-electron chi connectivity index (χ3n) is 4.48. The van der Waals surface area contributed by atoms with Crippen LogP contribution in [0, 0.1) is 17.4 Å². The first-order chi connectivity index (χ1) is 13.5. The van der Waals surface area contributed by atoms with Gasteiger partial charge in [-0.05, 0) is 71.8 Å². The van der Waals surface area contributed by atoms with Crippen LogP contribution in [-0.4, -0.2) is 7.11 Å². The topological polar surface area (TPSA) is 30.5 Å². The minimum absolute atomic E-state index is 0.395. The normalized spacial score (nSPS) is 10.6. The van der Waals surface area contributed by atoms with Gasteiger partial charge in [0.15, 0.2) is 11.5 Å². The summed E-state index contributed by atoms with van der Waals surface area (Å²) in [5.41, 5.74) is 5.72. The van der Waals surface area contributed by atoms with Crippen LogP contribution in [-0.2, 0) is 13.2 Å². The molecule has 0 spiro atoms. The Bertz CT molecular complexity index is 975. The Morgan fingerprint density at radius 1 is 1.04 bits per heavy atom. The second-order valence-electron chi connectivity index (χ2n) is 6.66. The smallest absolute Gasteiger partial charge is 0.174 e. The van der Waals surface area contributed by atoms with Crippen molar-refractivity contribution >= 4 is 39.9 Å². The molecule has 146 valence electrons. The van der Waals surface area contributed by atoms with Crippen molar-refractivity contribution in [2.45, 2.75) is 27.0 Å². The van der Waals surface area contributed by atoms with Crippen LogP contribution in [0.4, 0.5) is 5.69 Å². The van der Waals surface area contributed by atoms with Crippen LogP contribution < -0.4 is 14.8 Å². The largest absolute Gasteiger partial charge is 0.493 e. The molecule has 0 radical (unpaired) electrons. The van der Waals surface area contributed by atoms with Gasteiger partial charge in [0.1, 0.15) is 6.61 Å². The number of anilines is 1. The molecule has 0 heterocycles. The van der Waals surface area contributed by atoms with Crippen molar-refractivity contribution in [2.24, 2.45) is 0 Å². The Morgan fingerprint density at radius 2 is 1.82 bits per heavy atom. The van der Waals surface area contributed by atoms with Crippen LogP contribution in [0.2, 0.25) is 5.02 Å². The molecule has 0 fully saturated rings. The molecule has 0 aliphatic rings. The SMILES string of the molecule is COc1cc(CNc2ccc(C)cc2C)cc(I)c1OCc1ccccc1Cl. The Kier molecular flexibility index (Phi) is 7.08. The molecule has 0 atom stereocenters. The van der Waals surface area contributed by atoms with Crippen LogP contribution >= 0.6 is 34.2 Å². The number of rotatable bonds is 7. The quantitative estimate of drug-likeness (QED) is 0.358. The lowest BCUT2D eigenvalue weighted by atomic mass is 10.1. The predicted molar refractivity (Wildman–Crippen MR) is 125 cm³/mol. The Balaban J connectivity index is 1.74. The van der Waals surface area contributed by atoms with E-state index in [1.165, 1.54) is 11.1 Å². The molecule has 0 saturated heterocycles. The lowest BCUT2D eigenvalue weighted by molar-refractivity contribution is 0.282. The molecule has 1 N–H and O–H groups in total. The van der Waals surface area contributed by atoms with Crippen LogP contribution in [0.3, 0.4) is 0 Å². The summed E-state index contributed by atoms with van der Waals surface area (Å²) in [5.74, 6) is 1.45. The number of benzene rings is 3. The highest BCUT2D eigenvalue weighted by molar-refractivity contribution is 14.1. The fraction of sp³-hybridized carbons (Fsp3) is 0.217. The van der Waals surface area contributed by atoms with E-state index < -0.39 is 0 Å². The first-order valence-corrected chi connectivity index (χ1v) is 10.5. The van der Waals surface area contributed by atoms with E-state index in [1.807, 2.05) is 30.3 Å². The second kappa shape index (κ2) is 9.52. The van der Waals surface area contributed by atoms with E-state index >= 15 is 0 Å². The summed E-state index contributed by atoms with van der Waals surface area (Å²) in [4.78, 5) is 0. The molecular formula is C23H23ClINO2. The van der Waals surface area contributed by atoms with Gasteiger partial charge in [-0.25, -0.2) is 0 Å². The van der Waals surface area contributed by atoms with Gasteiger partial charge in [0.2, 0.25) is 0 Å². The van der Waals surface area contributed by atoms with Gasteiger partial charge in [-0.1, -0.05) is 47.5 Å². The van der Waals surface area contributed by atoms with Crippen LogP contribution in [0.15, 0.2) is 54.6 Å². The Labute approximate surface area is 185 Å². The van der Waals surface area contributed by atoms with E-state index in [0.29, 0.717) is 18.2 Å². The summed E-state index contributed by atoms with van der Waals surface area (Å²) < 4.78 is 12.6. The van der Waals surface area contributed by atoms with E-state index in [9.17, 15) is 0 Å². The van der Waals surface area contributed by atoms with Crippen molar-refractivity contribution in [3.63, 3.8) is 0 Å². The summed E-state index contributed by atoms with van der Waals surface area (Å²) in [6.45, 7) is 5.32. The van der Waals surface area contributed by atoms with Crippen molar-refractivity contribution in [1.82, 2.24) is 0 Å².